The molecule has 5 rings (SSSR count). The Balaban J connectivity index is 1.32. The molecule has 17 heteroatoms. The number of aliphatic hydroxyl groups excluding tert-OH is 1. The molecule has 2 aliphatic heterocycles. The van der Waals surface area contributed by atoms with E-state index in [9.17, 15) is 28.7 Å². The SMILES string of the molecule is CC1=C[C@@H](O)C[C@@H](F)Cc2nc(co2)C(=O)N2CCC[C@@H]2C(=O)O[C@H](C(C)C)[C@H](CC(=O)NCCn2cc(-c3cccnn3)nn2)/C=C/C(=O)NCC=C1. The van der Waals surface area contributed by atoms with Crippen LogP contribution in [-0.4, -0.2) is 108 Å². The highest BCUT2D eigenvalue weighted by atomic mass is 19.1. The van der Waals surface area contributed by atoms with Crippen molar-refractivity contribution in [1.29, 1.82) is 0 Å². The zero-order valence-corrected chi connectivity index (χ0v) is 30.5. The summed E-state index contributed by atoms with van der Waals surface area (Å²) in [6.45, 7) is 6.38. The van der Waals surface area contributed by atoms with Gasteiger partial charge >= 0.3 is 5.97 Å². The quantitative estimate of drug-likeness (QED) is 0.298. The van der Waals surface area contributed by atoms with Gasteiger partial charge in [0.05, 0.1) is 25.3 Å². The number of rotatable bonds is 7. The molecule has 1 fully saturated rings. The highest BCUT2D eigenvalue weighted by Gasteiger charge is 2.39. The molecule has 3 N–H and O–H groups in total. The van der Waals surface area contributed by atoms with Crippen LogP contribution in [0.4, 0.5) is 4.39 Å². The highest BCUT2D eigenvalue weighted by Crippen LogP contribution is 2.27. The number of esters is 1. The van der Waals surface area contributed by atoms with Gasteiger partial charge in [0, 0.05) is 44.6 Å². The molecule has 3 aromatic heterocycles. The Hall–Kier alpha value is -5.58. The van der Waals surface area contributed by atoms with Crippen molar-refractivity contribution in [1.82, 2.24) is 45.7 Å². The lowest BCUT2D eigenvalue weighted by molar-refractivity contribution is -0.159. The summed E-state index contributed by atoms with van der Waals surface area (Å²) in [6, 6.07) is 2.57. The van der Waals surface area contributed by atoms with Crippen molar-refractivity contribution < 1.29 is 37.8 Å². The van der Waals surface area contributed by atoms with E-state index in [-0.39, 0.29) is 62.3 Å². The van der Waals surface area contributed by atoms with E-state index in [0.29, 0.717) is 36.3 Å². The third-order valence-electron chi connectivity index (χ3n) is 8.96. The lowest BCUT2D eigenvalue weighted by Crippen LogP contribution is -2.44. The number of halogens is 1. The predicted octanol–water partition coefficient (Wildman–Crippen LogP) is 2.54. The van der Waals surface area contributed by atoms with Gasteiger partial charge in [-0.15, -0.1) is 10.2 Å². The van der Waals surface area contributed by atoms with Crippen LogP contribution in [0.25, 0.3) is 11.4 Å². The number of amides is 3. The number of hydrogen-bond acceptors (Lipinski definition) is 12. The van der Waals surface area contributed by atoms with Gasteiger partial charge in [-0.1, -0.05) is 48.9 Å². The van der Waals surface area contributed by atoms with Crippen LogP contribution < -0.4 is 10.6 Å². The van der Waals surface area contributed by atoms with Crippen molar-refractivity contribution in [3.63, 3.8) is 0 Å². The number of nitrogens with one attached hydrogen (secondary N) is 2. The van der Waals surface area contributed by atoms with Gasteiger partial charge in [-0.25, -0.2) is 14.2 Å². The first-order valence-electron chi connectivity index (χ1n) is 18.0. The second-order valence-electron chi connectivity index (χ2n) is 13.6. The topological polar surface area (TPSA) is 208 Å². The molecule has 0 aliphatic carbocycles. The normalized spacial score (nSPS) is 24.0. The smallest absolute Gasteiger partial charge is 0.329 e. The number of hydrogen-bond donors (Lipinski definition) is 3. The number of aromatic nitrogens is 6. The molecule has 16 nitrogen and oxygen atoms in total. The second kappa shape index (κ2) is 19.0. The van der Waals surface area contributed by atoms with Crippen molar-refractivity contribution in [2.24, 2.45) is 11.8 Å². The van der Waals surface area contributed by atoms with Crippen molar-refractivity contribution in [3.8, 4) is 11.4 Å². The summed E-state index contributed by atoms with van der Waals surface area (Å²) >= 11 is 0. The molecule has 5 heterocycles. The summed E-state index contributed by atoms with van der Waals surface area (Å²) in [5.41, 5.74) is 1.68. The molecule has 0 spiro atoms. The summed E-state index contributed by atoms with van der Waals surface area (Å²) in [6.07, 6.45) is 8.96. The Morgan fingerprint density at radius 2 is 2.00 bits per heavy atom. The number of carbonyl (C=O) groups excluding carboxylic acids is 4. The van der Waals surface area contributed by atoms with Crippen molar-refractivity contribution in [3.05, 3.63) is 78.3 Å². The second-order valence-corrected chi connectivity index (χ2v) is 13.6. The number of fused-ring (bicyclic) bond motifs is 3. The standard InChI is InChI=1S/C37H46FN9O7/c1-23(2)35-25(18-33(50)40-14-16-46-21-29(44-45-46)28-8-5-13-41-43-28)10-11-32(49)39-12-4-7-24(3)17-27(48)19-26(38)20-34-42-30(22-53-34)36(51)47-15-6-9-31(47)37(52)54-35/h4-5,7-8,10-11,13,17,21-23,25-27,31,35,48H,6,9,12,14-16,18-20H2,1-3H3,(H,39,49)(H,40,50)/b7-4?,11-10+,24-17?/t25-,26+,27+,31+,35+/m0/s1. The summed E-state index contributed by atoms with van der Waals surface area (Å²) in [5, 5.41) is 32.1. The minimum absolute atomic E-state index is 0.00745. The van der Waals surface area contributed by atoms with Gasteiger partial charge in [-0.05, 0) is 43.9 Å². The third-order valence-corrected chi connectivity index (χ3v) is 8.96. The zero-order chi connectivity index (χ0) is 38.6. The van der Waals surface area contributed by atoms with Crippen LogP contribution in [0.1, 0.15) is 62.8 Å². The van der Waals surface area contributed by atoms with Crippen LogP contribution in [0, 0.1) is 11.8 Å². The van der Waals surface area contributed by atoms with Crippen molar-refractivity contribution in [2.45, 2.75) is 83.8 Å². The lowest BCUT2D eigenvalue weighted by atomic mass is 9.89. The maximum absolute atomic E-state index is 14.8. The van der Waals surface area contributed by atoms with E-state index in [1.807, 2.05) is 13.8 Å². The predicted molar refractivity (Wildman–Crippen MR) is 192 cm³/mol. The van der Waals surface area contributed by atoms with Crippen LogP contribution >= 0.6 is 0 Å². The fourth-order valence-corrected chi connectivity index (χ4v) is 6.32. The fourth-order valence-electron chi connectivity index (χ4n) is 6.32. The molecule has 3 aromatic rings. The molecule has 5 atom stereocenters. The molecule has 288 valence electrons. The molecule has 0 saturated carbocycles. The van der Waals surface area contributed by atoms with E-state index < -0.39 is 48.1 Å². The Bertz CT molecular complexity index is 1840. The zero-order valence-electron chi connectivity index (χ0n) is 30.5. The fraction of sp³-hybridized carbons (Fsp3) is 0.486. The van der Waals surface area contributed by atoms with Crippen molar-refractivity contribution >= 4 is 23.7 Å². The largest absolute Gasteiger partial charge is 0.460 e. The monoisotopic (exact) mass is 747 g/mol. The Morgan fingerprint density at radius 1 is 1.17 bits per heavy atom. The van der Waals surface area contributed by atoms with Crippen LogP contribution in [0.5, 0.6) is 0 Å². The lowest BCUT2D eigenvalue weighted by Gasteiger charge is -2.30. The van der Waals surface area contributed by atoms with Gasteiger partial charge in [0.25, 0.3) is 5.91 Å². The minimum Gasteiger partial charge on any atom is -0.460 e. The van der Waals surface area contributed by atoms with Gasteiger partial charge in [0.2, 0.25) is 11.8 Å². The molecule has 0 aromatic carbocycles. The molecule has 0 radical (unpaired) electrons. The van der Waals surface area contributed by atoms with Crippen LogP contribution in [0.15, 0.2) is 71.2 Å². The van der Waals surface area contributed by atoms with E-state index in [2.05, 4.69) is 36.1 Å². The number of nitrogens with zero attached hydrogens (tertiary/aromatic N) is 7. The average molecular weight is 748 g/mol. The maximum atomic E-state index is 14.8. The van der Waals surface area contributed by atoms with Crippen molar-refractivity contribution in [2.75, 3.05) is 19.6 Å². The minimum atomic E-state index is -1.50. The van der Waals surface area contributed by atoms with E-state index in [0.717, 1.165) is 6.26 Å². The van der Waals surface area contributed by atoms with Crippen LogP contribution in [-0.2, 0) is 32.1 Å². The molecular weight excluding hydrogens is 701 g/mol. The molecule has 54 heavy (non-hydrogen) atoms. The summed E-state index contributed by atoms with van der Waals surface area (Å²) in [7, 11) is 0. The van der Waals surface area contributed by atoms with E-state index in [1.54, 1.807) is 54.4 Å². The van der Waals surface area contributed by atoms with Gasteiger partial charge in [0.1, 0.15) is 36.0 Å². The summed E-state index contributed by atoms with van der Waals surface area (Å²) in [5.74, 6) is -3.00. The highest BCUT2D eigenvalue weighted by molar-refractivity contribution is 5.95. The first kappa shape index (κ1) is 39.6. The Labute approximate surface area is 311 Å². The number of aliphatic hydroxyl groups is 1. The summed E-state index contributed by atoms with van der Waals surface area (Å²) in [4.78, 5) is 59.0. The molecule has 2 bridgehead atoms. The van der Waals surface area contributed by atoms with Gasteiger partial charge in [0.15, 0.2) is 11.6 Å². The number of ether oxygens (including phenoxy) is 1. The third kappa shape index (κ3) is 11.2. The molecule has 0 unspecified atom stereocenters. The Kier molecular flexibility index (Phi) is 13.9. The molecule has 3 amide bonds. The Morgan fingerprint density at radius 3 is 2.78 bits per heavy atom. The van der Waals surface area contributed by atoms with Crippen LogP contribution in [0.3, 0.4) is 0 Å². The first-order chi connectivity index (χ1) is 26.0. The molecule has 1 saturated heterocycles. The van der Waals surface area contributed by atoms with Gasteiger partial charge in [-0.3, -0.25) is 19.1 Å². The molecule has 2 aliphatic rings. The van der Waals surface area contributed by atoms with E-state index >= 15 is 0 Å². The number of oxazole rings is 1. The van der Waals surface area contributed by atoms with Gasteiger partial charge < -0.3 is 29.8 Å². The average Bonchev–Trinajstić information content (AvgIpc) is 3.92. The number of allylic oxidation sites excluding steroid dienone is 2. The van der Waals surface area contributed by atoms with E-state index in [4.69, 9.17) is 9.15 Å². The number of cyclic esters (lactones) is 1. The van der Waals surface area contributed by atoms with E-state index in [1.165, 1.54) is 17.1 Å². The maximum Gasteiger partial charge on any atom is 0.329 e. The number of alkyl halides is 1. The summed E-state index contributed by atoms with van der Waals surface area (Å²) < 4.78 is 27.9. The van der Waals surface area contributed by atoms with Crippen LogP contribution in [0.2, 0.25) is 0 Å². The molecular formula is C37H46FN9O7. The first-order valence-corrected chi connectivity index (χ1v) is 18.0. The van der Waals surface area contributed by atoms with Gasteiger partial charge in [-0.2, -0.15) is 5.10 Å². The number of carbonyl (C=O) groups is 4.